The third-order valence-electron chi connectivity index (χ3n) is 11.9. The molecule has 306 valence electrons. The molecule has 8 aromatic rings. The zero-order valence-electron chi connectivity index (χ0n) is 37.0. The van der Waals surface area contributed by atoms with Gasteiger partial charge in [-0.25, -0.2) is 4.98 Å². The maximum atomic E-state index is 6.88. The number of hydrogen-bond donors (Lipinski definition) is 0. The highest BCUT2D eigenvalue weighted by Crippen LogP contribution is 2.44. The highest BCUT2D eigenvalue weighted by Gasteiger charge is 2.27. The number of rotatable bonds is 7. The fourth-order valence-corrected chi connectivity index (χ4v) is 8.69. The first-order valence-corrected chi connectivity index (χ1v) is 21.5. The molecule has 0 bridgehead atoms. The Labute approximate surface area is 361 Å². The van der Waals surface area contributed by atoms with Crippen LogP contribution in [0.1, 0.15) is 79.0 Å². The Hall–Kier alpha value is -6.59. The van der Waals surface area contributed by atoms with Crippen LogP contribution in [-0.2, 0) is 16.2 Å². The number of aromatic nitrogens is 2. The number of para-hydroxylation sites is 1. The second kappa shape index (κ2) is 15.1. The van der Waals surface area contributed by atoms with Crippen LogP contribution in [0, 0.1) is 0 Å². The summed E-state index contributed by atoms with van der Waals surface area (Å²) < 4.78 is 9.15. The van der Waals surface area contributed by atoms with Gasteiger partial charge in [0.2, 0.25) is 0 Å². The number of fused-ring (bicyclic) bond motifs is 3. The molecule has 3 heterocycles. The number of pyridine rings is 1. The van der Waals surface area contributed by atoms with E-state index < -0.39 is 0 Å². The predicted octanol–water partition coefficient (Wildman–Crippen LogP) is 15.0. The minimum atomic E-state index is -0.102. The van der Waals surface area contributed by atoms with Gasteiger partial charge in [-0.1, -0.05) is 141 Å². The van der Waals surface area contributed by atoms with Gasteiger partial charge in [-0.05, 0) is 110 Å². The van der Waals surface area contributed by atoms with E-state index in [-0.39, 0.29) is 16.2 Å². The summed E-state index contributed by atoms with van der Waals surface area (Å²) in [5.41, 5.74) is 13.0. The summed E-state index contributed by atoms with van der Waals surface area (Å²) in [5, 5.41) is 2.35. The molecule has 0 aliphatic carbocycles. The van der Waals surface area contributed by atoms with Gasteiger partial charge in [0.15, 0.2) is 0 Å². The summed E-state index contributed by atoms with van der Waals surface area (Å²) in [6.07, 6.45) is 6.32. The van der Waals surface area contributed by atoms with Crippen molar-refractivity contribution in [3.05, 3.63) is 181 Å². The summed E-state index contributed by atoms with van der Waals surface area (Å²) in [5.74, 6) is 2.48. The van der Waals surface area contributed by atoms with Crippen LogP contribution < -0.4 is 14.5 Å². The molecular weight excluding hydrogens is 745 g/mol. The SMILES string of the molecule is CC(C)(C)c1cc(Oc2ccc3c4ccccc4n(-c4cc(C(C)(C)C)ccn4)c3c2)cc(N2C=CN(c3cc(-c4ccccc4)c(C(C)(C)C)c(-c4ccccc4)c3)C2)c1. The molecule has 2 aromatic heterocycles. The van der Waals surface area contributed by atoms with Crippen molar-refractivity contribution >= 4 is 33.2 Å². The molecule has 5 heteroatoms. The van der Waals surface area contributed by atoms with E-state index in [1.54, 1.807) is 0 Å². The van der Waals surface area contributed by atoms with Crippen molar-refractivity contribution in [2.75, 3.05) is 16.5 Å². The highest BCUT2D eigenvalue weighted by atomic mass is 16.5. The predicted molar refractivity (Wildman–Crippen MR) is 257 cm³/mol. The van der Waals surface area contributed by atoms with Gasteiger partial charge in [0, 0.05) is 52.9 Å². The lowest BCUT2D eigenvalue weighted by Crippen LogP contribution is -2.25. The number of nitrogens with zero attached hydrogens (tertiary/aromatic N) is 4. The van der Waals surface area contributed by atoms with Crippen molar-refractivity contribution < 1.29 is 4.74 Å². The first-order chi connectivity index (χ1) is 29.1. The monoisotopic (exact) mass is 800 g/mol. The van der Waals surface area contributed by atoms with Gasteiger partial charge in [-0.3, -0.25) is 4.57 Å². The van der Waals surface area contributed by atoms with Gasteiger partial charge >= 0.3 is 0 Å². The summed E-state index contributed by atoms with van der Waals surface area (Å²) >= 11 is 0. The fraction of sp³-hybridized carbons (Fsp3) is 0.232. The first kappa shape index (κ1) is 39.8. The molecule has 0 N–H and O–H groups in total. The van der Waals surface area contributed by atoms with Gasteiger partial charge in [0.05, 0.1) is 17.7 Å². The molecule has 61 heavy (non-hydrogen) atoms. The smallest absolute Gasteiger partial charge is 0.137 e. The molecule has 0 radical (unpaired) electrons. The Balaban J connectivity index is 1.09. The number of hydrogen-bond acceptors (Lipinski definition) is 4. The minimum absolute atomic E-state index is 0.00481. The zero-order valence-corrected chi connectivity index (χ0v) is 37.0. The number of ether oxygens (including phenoxy) is 1. The quantitative estimate of drug-likeness (QED) is 0.161. The summed E-state index contributed by atoms with van der Waals surface area (Å²) in [4.78, 5) is 9.56. The van der Waals surface area contributed by atoms with Gasteiger partial charge < -0.3 is 14.5 Å². The molecule has 5 nitrogen and oxygen atoms in total. The van der Waals surface area contributed by atoms with E-state index in [4.69, 9.17) is 9.72 Å². The zero-order chi connectivity index (χ0) is 42.7. The van der Waals surface area contributed by atoms with Crippen molar-refractivity contribution in [2.45, 2.75) is 78.6 Å². The van der Waals surface area contributed by atoms with Gasteiger partial charge in [0.1, 0.15) is 17.3 Å². The Morgan fingerprint density at radius 2 is 1.05 bits per heavy atom. The van der Waals surface area contributed by atoms with E-state index in [1.165, 1.54) is 49.7 Å². The lowest BCUT2D eigenvalue weighted by Gasteiger charge is -2.30. The second-order valence-electron chi connectivity index (χ2n) is 19.5. The average molecular weight is 801 g/mol. The standard InChI is InChI=1S/C56H56N4O/c1-54(2,3)40-26-27-57-52(32-40)60-50-23-17-16-22-46(50)47-25-24-44(36-51(47)60)61-45-31-41(55(4,5)6)30-42(33-45)58-28-29-59(37-58)43-34-48(38-18-12-10-13-19-38)53(56(7,8)9)49(35-43)39-20-14-11-15-21-39/h10-36H,37H2,1-9H3. The maximum Gasteiger partial charge on any atom is 0.137 e. The van der Waals surface area contributed by atoms with E-state index in [1.807, 2.05) is 6.20 Å². The molecule has 0 unspecified atom stereocenters. The molecule has 6 aromatic carbocycles. The molecule has 1 aliphatic rings. The molecule has 0 saturated heterocycles. The lowest BCUT2D eigenvalue weighted by molar-refractivity contribution is 0.479. The van der Waals surface area contributed by atoms with Crippen molar-refractivity contribution in [1.29, 1.82) is 0 Å². The van der Waals surface area contributed by atoms with Gasteiger partial charge in [-0.15, -0.1) is 0 Å². The van der Waals surface area contributed by atoms with E-state index >= 15 is 0 Å². The molecule has 1 aliphatic heterocycles. The largest absolute Gasteiger partial charge is 0.457 e. The van der Waals surface area contributed by atoms with Crippen LogP contribution >= 0.6 is 0 Å². The summed E-state index contributed by atoms with van der Waals surface area (Å²) in [6, 6.07) is 52.4. The first-order valence-electron chi connectivity index (χ1n) is 21.5. The second-order valence-corrected chi connectivity index (χ2v) is 19.5. The van der Waals surface area contributed by atoms with Crippen LogP contribution in [0.2, 0.25) is 0 Å². The normalized spacial score (nSPS) is 13.5. The Kier molecular flexibility index (Phi) is 9.90. The van der Waals surface area contributed by atoms with Gasteiger partial charge in [-0.2, -0.15) is 0 Å². The topological polar surface area (TPSA) is 33.5 Å². The molecule has 0 spiro atoms. The highest BCUT2D eigenvalue weighted by molar-refractivity contribution is 6.09. The van der Waals surface area contributed by atoms with Crippen LogP contribution in [0.25, 0.3) is 49.9 Å². The van der Waals surface area contributed by atoms with Gasteiger partial charge in [0.25, 0.3) is 0 Å². The van der Waals surface area contributed by atoms with Crippen molar-refractivity contribution in [1.82, 2.24) is 9.55 Å². The van der Waals surface area contributed by atoms with Crippen LogP contribution in [0.15, 0.2) is 164 Å². The van der Waals surface area contributed by atoms with Crippen molar-refractivity contribution in [3.8, 4) is 39.6 Å². The third kappa shape index (κ3) is 7.81. The average Bonchev–Trinajstić information content (AvgIpc) is 3.87. The maximum absolute atomic E-state index is 6.88. The molecule has 0 fully saturated rings. The fourth-order valence-electron chi connectivity index (χ4n) is 8.69. The third-order valence-corrected chi connectivity index (χ3v) is 11.9. The molecule has 9 rings (SSSR count). The van der Waals surface area contributed by atoms with Crippen LogP contribution in [0.4, 0.5) is 11.4 Å². The minimum Gasteiger partial charge on any atom is -0.457 e. The van der Waals surface area contributed by atoms with Crippen LogP contribution in [0.3, 0.4) is 0 Å². The molecule has 0 amide bonds. The summed E-state index contributed by atoms with van der Waals surface area (Å²) in [7, 11) is 0. The van der Waals surface area contributed by atoms with E-state index in [9.17, 15) is 0 Å². The van der Waals surface area contributed by atoms with E-state index in [0.29, 0.717) is 6.67 Å². The Morgan fingerprint density at radius 1 is 0.475 bits per heavy atom. The van der Waals surface area contributed by atoms with E-state index in [2.05, 4.69) is 235 Å². The van der Waals surface area contributed by atoms with Crippen LogP contribution in [0.5, 0.6) is 11.5 Å². The molecule has 0 saturated carbocycles. The van der Waals surface area contributed by atoms with E-state index in [0.717, 1.165) is 39.7 Å². The number of anilines is 2. The Bertz CT molecular complexity index is 2860. The number of benzene rings is 6. The lowest BCUT2D eigenvalue weighted by atomic mass is 9.77. The van der Waals surface area contributed by atoms with Crippen molar-refractivity contribution in [2.24, 2.45) is 0 Å². The van der Waals surface area contributed by atoms with Crippen molar-refractivity contribution in [3.63, 3.8) is 0 Å². The van der Waals surface area contributed by atoms with Crippen LogP contribution in [-0.4, -0.2) is 16.2 Å². The summed E-state index contributed by atoms with van der Waals surface area (Å²) in [6.45, 7) is 21.1. The molecular formula is C56H56N4O. The molecule has 0 atom stereocenters. The Morgan fingerprint density at radius 3 is 1.66 bits per heavy atom.